The Morgan fingerprint density at radius 3 is 2.43 bits per heavy atom. The zero-order valence-electron chi connectivity index (χ0n) is 11.7. The van der Waals surface area contributed by atoms with E-state index in [2.05, 4.69) is 15.0 Å². The van der Waals surface area contributed by atoms with E-state index in [1.807, 2.05) is 0 Å². The molecule has 0 bridgehead atoms. The molecule has 0 saturated heterocycles. The third-order valence-electron chi connectivity index (χ3n) is 2.69. The maximum Gasteiger partial charge on any atom is 0.330 e. The largest absolute Gasteiger partial charge is 0.467 e. The molecule has 2 aromatic rings. The van der Waals surface area contributed by atoms with Crippen molar-refractivity contribution in [1.29, 1.82) is 0 Å². The highest BCUT2D eigenvalue weighted by Crippen LogP contribution is 2.30. The van der Waals surface area contributed by atoms with Gasteiger partial charge in [0.05, 0.1) is 12.0 Å². The van der Waals surface area contributed by atoms with Crippen LogP contribution in [0.15, 0.2) is 12.1 Å². The Kier molecular flexibility index (Phi) is 3.83. The summed E-state index contributed by atoms with van der Waals surface area (Å²) >= 11 is 0. The maximum absolute atomic E-state index is 10.9. The van der Waals surface area contributed by atoms with Crippen molar-refractivity contribution < 1.29 is 14.4 Å². The van der Waals surface area contributed by atoms with Crippen LogP contribution in [0.25, 0.3) is 0 Å². The van der Waals surface area contributed by atoms with Crippen molar-refractivity contribution in [3.63, 3.8) is 0 Å². The summed E-state index contributed by atoms with van der Waals surface area (Å²) in [6.07, 6.45) is 0. The number of rotatable bonds is 4. The SMILES string of the molecule is COc1nc(N)nc(Oc2cc(C)c([N+](=O)[O-])cc2C)n1. The minimum atomic E-state index is -0.448. The lowest BCUT2D eigenvalue weighted by molar-refractivity contribution is -0.385. The van der Waals surface area contributed by atoms with Gasteiger partial charge < -0.3 is 15.2 Å². The van der Waals surface area contributed by atoms with E-state index < -0.39 is 4.92 Å². The Balaban J connectivity index is 2.38. The number of aromatic nitrogens is 3. The van der Waals surface area contributed by atoms with Gasteiger partial charge >= 0.3 is 12.0 Å². The number of benzene rings is 1. The second-order valence-corrected chi connectivity index (χ2v) is 4.23. The molecular formula is C12H13N5O4. The highest BCUT2D eigenvalue weighted by molar-refractivity contribution is 5.50. The highest BCUT2D eigenvalue weighted by atomic mass is 16.6. The third kappa shape index (κ3) is 3.14. The van der Waals surface area contributed by atoms with Gasteiger partial charge in [-0.2, -0.15) is 9.97 Å². The fourth-order valence-corrected chi connectivity index (χ4v) is 1.67. The molecule has 0 aliphatic carbocycles. The van der Waals surface area contributed by atoms with Crippen LogP contribution in [0.1, 0.15) is 11.1 Å². The van der Waals surface area contributed by atoms with Crippen LogP contribution in [0.3, 0.4) is 0 Å². The first-order valence-corrected chi connectivity index (χ1v) is 5.89. The predicted molar refractivity (Wildman–Crippen MR) is 73.4 cm³/mol. The lowest BCUT2D eigenvalue weighted by Crippen LogP contribution is -2.03. The summed E-state index contributed by atoms with van der Waals surface area (Å²) in [6.45, 7) is 3.30. The van der Waals surface area contributed by atoms with Gasteiger partial charge in [0.1, 0.15) is 5.75 Å². The number of nitrogen functional groups attached to an aromatic ring is 1. The third-order valence-corrected chi connectivity index (χ3v) is 2.69. The second kappa shape index (κ2) is 5.57. The fraction of sp³-hybridized carbons (Fsp3) is 0.250. The van der Waals surface area contributed by atoms with Crippen LogP contribution in [-0.4, -0.2) is 27.0 Å². The molecule has 0 saturated carbocycles. The van der Waals surface area contributed by atoms with Gasteiger partial charge in [0.15, 0.2) is 0 Å². The van der Waals surface area contributed by atoms with Crippen molar-refractivity contribution in [3.8, 4) is 17.8 Å². The average molecular weight is 291 g/mol. The number of nitrogens with two attached hydrogens (primary N) is 1. The first-order valence-electron chi connectivity index (χ1n) is 5.89. The van der Waals surface area contributed by atoms with Crippen molar-refractivity contribution in [2.75, 3.05) is 12.8 Å². The van der Waals surface area contributed by atoms with E-state index in [-0.39, 0.29) is 23.7 Å². The number of aryl methyl sites for hydroxylation is 2. The van der Waals surface area contributed by atoms with Crippen LogP contribution in [0.4, 0.5) is 11.6 Å². The normalized spacial score (nSPS) is 10.2. The fourth-order valence-electron chi connectivity index (χ4n) is 1.67. The number of methoxy groups -OCH3 is 1. The van der Waals surface area contributed by atoms with Gasteiger partial charge in [0, 0.05) is 11.6 Å². The monoisotopic (exact) mass is 291 g/mol. The summed E-state index contributed by atoms with van der Waals surface area (Å²) in [7, 11) is 1.39. The van der Waals surface area contributed by atoms with E-state index in [9.17, 15) is 10.1 Å². The summed E-state index contributed by atoms with van der Waals surface area (Å²) in [5.74, 6) is 0.346. The van der Waals surface area contributed by atoms with E-state index in [0.29, 0.717) is 16.9 Å². The van der Waals surface area contributed by atoms with Gasteiger partial charge in [-0.05, 0) is 25.5 Å². The van der Waals surface area contributed by atoms with Gasteiger partial charge in [-0.1, -0.05) is 0 Å². The number of nitro groups is 1. The number of nitro benzene ring substituents is 1. The molecule has 110 valence electrons. The van der Waals surface area contributed by atoms with Gasteiger partial charge in [0.2, 0.25) is 5.95 Å². The second-order valence-electron chi connectivity index (χ2n) is 4.23. The quantitative estimate of drug-likeness (QED) is 0.667. The van der Waals surface area contributed by atoms with Crippen LogP contribution in [0.5, 0.6) is 17.8 Å². The zero-order chi connectivity index (χ0) is 15.6. The van der Waals surface area contributed by atoms with Crippen LogP contribution < -0.4 is 15.2 Å². The van der Waals surface area contributed by atoms with Crippen molar-refractivity contribution >= 4 is 11.6 Å². The molecule has 2 rings (SSSR count). The van der Waals surface area contributed by atoms with Crippen LogP contribution in [0.2, 0.25) is 0 Å². The topological polar surface area (TPSA) is 126 Å². The number of nitrogens with zero attached hydrogens (tertiary/aromatic N) is 4. The Bertz CT molecular complexity index is 704. The molecule has 21 heavy (non-hydrogen) atoms. The molecule has 9 nitrogen and oxygen atoms in total. The van der Waals surface area contributed by atoms with Crippen molar-refractivity contribution in [3.05, 3.63) is 33.4 Å². The minimum Gasteiger partial charge on any atom is -0.467 e. The summed E-state index contributed by atoms with van der Waals surface area (Å²) in [5.41, 5.74) is 6.57. The number of hydrogen-bond donors (Lipinski definition) is 1. The Labute approximate surface area is 119 Å². The van der Waals surface area contributed by atoms with Gasteiger partial charge in [-0.15, -0.1) is 4.98 Å². The van der Waals surface area contributed by atoms with E-state index in [0.717, 1.165) is 0 Å². The molecule has 0 aliphatic heterocycles. The number of anilines is 1. The Morgan fingerprint density at radius 1 is 1.14 bits per heavy atom. The van der Waals surface area contributed by atoms with Crippen molar-refractivity contribution in [2.24, 2.45) is 0 Å². The van der Waals surface area contributed by atoms with E-state index in [1.54, 1.807) is 19.9 Å². The average Bonchev–Trinajstić information content (AvgIpc) is 2.41. The Morgan fingerprint density at radius 2 is 1.81 bits per heavy atom. The van der Waals surface area contributed by atoms with E-state index in [4.69, 9.17) is 15.2 Å². The molecule has 9 heteroatoms. The predicted octanol–water partition coefficient (Wildman–Crippen LogP) is 1.78. The highest BCUT2D eigenvalue weighted by Gasteiger charge is 2.16. The van der Waals surface area contributed by atoms with E-state index >= 15 is 0 Å². The van der Waals surface area contributed by atoms with Crippen molar-refractivity contribution in [1.82, 2.24) is 15.0 Å². The number of ether oxygens (including phenoxy) is 2. The van der Waals surface area contributed by atoms with Gasteiger partial charge in [-0.25, -0.2) is 0 Å². The first-order chi connectivity index (χ1) is 9.90. The Hall–Kier alpha value is -2.97. The van der Waals surface area contributed by atoms with Gasteiger partial charge in [0.25, 0.3) is 5.69 Å². The number of hydrogen-bond acceptors (Lipinski definition) is 8. The molecule has 0 fully saturated rings. The smallest absolute Gasteiger partial charge is 0.330 e. The summed E-state index contributed by atoms with van der Waals surface area (Å²) in [5, 5.41) is 10.9. The molecular weight excluding hydrogens is 278 g/mol. The molecule has 0 unspecified atom stereocenters. The maximum atomic E-state index is 10.9. The molecule has 0 radical (unpaired) electrons. The molecule has 1 aromatic carbocycles. The van der Waals surface area contributed by atoms with Crippen molar-refractivity contribution in [2.45, 2.75) is 13.8 Å². The van der Waals surface area contributed by atoms with E-state index in [1.165, 1.54) is 13.2 Å². The van der Waals surface area contributed by atoms with Gasteiger partial charge in [-0.3, -0.25) is 10.1 Å². The molecule has 0 atom stereocenters. The summed E-state index contributed by atoms with van der Waals surface area (Å²) in [6, 6.07) is 2.94. The molecule has 0 spiro atoms. The standard InChI is InChI=1S/C12H13N5O4/c1-6-5-9(7(2)4-8(6)17(18)19)21-12-15-10(13)14-11(16-12)20-3/h4-5H,1-3H3,(H2,13,14,15,16). The first kappa shape index (κ1) is 14.4. The molecule has 2 N–H and O–H groups in total. The van der Waals surface area contributed by atoms with Crippen LogP contribution in [0, 0.1) is 24.0 Å². The molecule has 1 aromatic heterocycles. The lowest BCUT2D eigenvalue weighted by atomic mass is 10.1. The minimum absolute atomic E-state index is 0.0209. The van der Waals surface area contributed by atoms with Crippen LogP contribution in [-0.2, 0) is 0 Å². The van der Waals surface area contributed by atoms with Crippen LogP contribution >= 0.6 is 0 Å². The zero-order valence-corrected chi connectivity index (χ0v) is 11.7. The summed E-state index contributed by atoms with van der Waals surface area (Å²) in [4.78, 5) is 21.9. The molecule has 0 aliphatic rings. The molecule has 0 amide bonds. The molecule has 1 heterocycles. The summed E-state index contributed by atoms with van der Waals surface area (Å²) < 4.78 is 10.4. The lowest BCUT2D eigenvalue weighted by Gasteiger charge is -2.09.